The maximum atomic E-state index is 9.44. The van der Waals surface area contributed by atoms with Gasteiger partial charge in [0.1, 0.15) is 40.8 Å². The van der Waals surface area contributed by atoms with Crippen molar-refractivity contribution in [2.24, 2.45) is 4.99 Å². The van der Waals surface area contributed by atoms with Gasteiger partial charge in [0, 0.05) is 5.56 Å². The molecule has 2 heterocycles. The number of fused-ring (bicyclic) bond motifs is 1. The molecule has 0 amide bonds. The zero-order valence-electron chi connectivity index (χ0n) is 18.1. The number of aliphatic imine (C=N–C) groups is 1. The molecule has 0 aliphatic carbocycles. The Morgan fingerprint density at radius 3 is 2.24 bits per heavy atom. The summed E-state index contributed by atoms with van der Waals surface area (Å²) in [4.78, 5) is 8.81. The van der Waals surface area contributed by atoms with Crippen LogP contribution >= 0.6 is 0 Å². The Balaban J connectivity index is 1.67. The first-order valence-corrected chi connectivity index (χ1v) is 10.3. The Morgan fingerprint density at radius 1 is 1.03 bits per heavy atom. The van der Waals surface area contributed by atoms with Crippen LogP contribution in [0.25, 0.3) is 0 Å². The average molecular weight is 438 g/mol. The van der Waals surface area contributed by atoms with Crippen molar-refractivity contribution >= 4 is 23.3 Å². The molecule has 2 aromatic carbocycles. The zero-order valence-corrected chi connectivity index (χ0v) is 18.1. The molecule has 0 saturated heterocycles. The third-order valence-corrected chi connectivity index (χ3v) is 5.34. The van der Waals surface area contributed by atoms with Gasteiger partial charge in [0.05, 0.1) is 5.69 Å². The number of nitrogens with two attached hydrogens (primary N) is 2. The number of anilines is 3. The average Bonchev–Trinajstić information content (AvgIpc) is 2.80. The van der Waals surface area contributed by atoms with Crippen LogP contribution < -0.4 is 26.8 Å². The molecule has 0 radical (unpaired) electrons. The van der Waals surface area contributed by atoms with Crippen molar-refractivity contribution in [3.63, 3.8) is 0 Å². The third kappa shape index (κ3) is 4.21. The van der Waals surface area contributed by atoms with E-state index in [2.05, 4.69) is 34.5 Å². The highest BCUT2D eigenvalue weighted by Crippen LogP contribution is 2.40. The van der Waals surface area contributed by atoms with Crippen molar-refractivity contribution in [2.75, 3.05) is 16.8 Å². The minimum atomic E-state index is -0.600. The van der Waals surface area contributed by atoms with Gasteiger partial charge < -0.3 is 21.5 Å². The third-order valence-electron chi connectivity index (χ3n) is 5.34. The lowest BCUT2D eigenvalue weighted by Gasteiger charge is -2.26. The summed E-state index contributed by atoms with van der Waals surface area (Å²) in [5, 5.41) is 23.8. The van der Waals surface area contributed by atoms with E-state index in [1.54, 1.807) is 0 Å². The highest BCUT2D eigenvalue weighted by Gasteiger charge is 2.29. The molecule has 9 nitrogen and oxygen atoms in total. The number of nitrogens with one attached hydrogen (secondary N) is 2. The molecule has 6 N–H and O–H groups in total. The molecule has 164 valence electrons. The fraction of sp³-hybridized carbons (Fsp3) is 0.167. The van der Waals surface area contributed by atoms with E-state index >= 15 is 0 Å². The Hall–Kier alpha value is -4.76. The van der Waals surface area contributed by atoms with Crippen LogP contribution in [0.5, 0.6) is 11.5 Å². The number of rotatable bonds is 4. The van der Waals surface area contributed by atoms with Crippen LogP contribution in [0.15, 0.2) is 53.5 Å². The van der Waals surface area contributed by atoms with Crippen LogP contribution in [0.4, 0.5) is 17.3 Å². The summed E-state index contributed by atoms with van der Waals surface area (Å²) in [6.07, 6.45) is 1.83. The molecule has 0 saturated carbocycles. The number of nitrogen functional groups attached to an aromatic ring is 2. The number of nitrogens with zero attached hydrogens (tertiary/aromatic N) is 4. The van der Waals surface area contributed by atoms with Gasteiger partial charge in [-0.1, -0.05) is 38.1 Å². The van der Waals surface area contributed by atoms with Crippen molar-refractivity contribution in [2.45, 2.75) is 25.8 Å². The predicted octanol–water partition coefficient (Wildman–Crippen LogP) is 3.97. The Labute approximate surface area is 191 Å². The van der Waals surface area contributed by atoms with Crippen LogP contribution in [-0.4, -0.2) is 10.9 Å². The highest BCUT2D eigenvalue weighted by molar-refractivity contribution is 5.98. The summed E-state index contributed by atoms with van der Waals surface area (Å²) in [7, 11) is 0. The number of hydrogen-bond donors (Lipinski definition) is 4. The Kier molecular flexibility index (Phi) is 5.71. The van der Waals surface area contributed by atoms with Gasteiger partial charge in [0.15, 0.2) is 6.19 Å². The number of nitriles is 2. The van der Waals surface area contributed by atoms with E-state index in [0.717, 1.165) is 11.3 Å². The van der Waals surface area contributed by atoms with E-state index in [0.29, 0.717) is 23.0 Å². The first kappa shape index (κ1) is 21.5. The largest absolute Gasteiger partial charge is 0.457 e. The Bertz CT molecular complexity index is 1300. The van der Waals surface area contributed by atoms with Gasteiger partial charge in [-0.15, -0.1) is 0 Å². The summed E-state index contributed by atoms with van der Waals surface area (Å²) in [5.74, 6) is 2.39. The normalized spacial score (nSPS) is 14.3. The molecule has 4 rings (SSSR count). The maximum Gasteiger partial charge on any atom is 0.211 e. The lowest BCUT2D eigenvalue weighted by Crippen LogP contribution is -2.32. The molecule has 9 heteroatoms. The number of benzene rings is 2. The molecule has 0 fully saturated rings. The molecular formula is C24H22N8O. The Morgan fingerprint density at radius 2 is 1.67 bits per heavy atom. The molecular weight excluding hydrogens is 416 g/mol. The lowest BCUT2D eigenvalue weighted by atomic mass is 9.95. The number of hydrogen-bond acceptors (Lipinski definition) is 9. The van der Waals surface area contributed by atoms with Crippen molar-refractivity contribution < 1.29 is 4.74 Å². The van der Waals surface area contributed by atoms with E-state index in [1.165, 1.54) is 5.56 Å². The standard InChI is InChI=1S/C24H22N8O/c1-13(2)14-3-7-16(8-4-14)33-17-9-5-15(6-10-17)21-19-20(27)18(11-25)22(28)31-23(19)32-24(30-21)29-12-26/h3-10,13,21H,1-2H3,(H6,27,28,29,30,31,32). The topological polar surface area (TPSA) is 158 Å². The fourth-order valence-electron chi connectivity index (χ4n) is 3.60. The van der Waals surface area contributed by atoms with Gasteiger partial charge in [-0.2, -0.15) is 10.5 Å². The van der Waals surface area contributed by atoms with E-state index in [4.69, 9.17) is 21.5 Å². The number of ether oxygens (including phenoxy) is 1. The molecule has 1 unspecified atom stereocenters. The zero-order chi connectivity index (χ0) is 23.5. The van der Waals surface area contributed by atoms with E-state index in [9.17, 15) is 5.26 Å². The predicted molar refractivity (Wildman–Crippen MR) is 126 cm³/mol. The molecule has 0 bridgehead atoms. The second-order valence-electron chi connectivity index (χ2n) is 7.80. The molecule has 1 aliphatic heterocycles. The van der Waals surface area contributed by atoms with Gasteiger partial charge >= 0.3 is 0 Å². The summed E-state index contributed by atoms with van der Waals surface area (Å²) < 4.78 is 5.96. The molecule has 0 spiro atoms. The van der Waals surface area contributed by atoms with Gasteiger partial charge in [-0.25, -0.2) is 9.98 Å². The van der Waals surface area contributed by atoms with E-state index in [1.807, 2.05) is 60.8 Å². The van der Waals surface area contributed by atoms with Gasteiger partial charge in [-0.05, 0) is 41.3 Å². The summed E-state index contributed by atoms with van der Waals surface area (Å²) >= 11 is 0. The second kappa shape index (κ2) is 8.77. The maximum absolute atomic E-state index is 9.44. The van der Waals surface area contributed by atoms with Crippen LogP contribution in [0.2, 0.25) is 0 Å². The van der Waals surface area contributed by atoms with Gasteiger partial charge in [0.2, 0.25) is 5.96 Å². The first-order valence-electron chi connectivity index (χ1n) is 10.3. The summed E-state index contributed by atoms with van der Waals surface area (Å²) in [6, 6.07) is 16.7. The van der Waals surface area contributed by atoms with Crippen molar-refractivity contribution in [3.05, 3.63) is 70.8 Å². The number of guanidine groups is 1. The van der Waals surface area contributed by atoms with E-state index < -0.39 is 6.04 Å². The quantitative estimate of drug-likeness (QED) is 0.352. The smallest absolute Gasteiger partial charge is 0.211 e. The minimum absolute atomic E-state index is 0.00504. The van der Waals surface area contributed by atoms with Crippen LogP contribution in [0.1, 0.15) is 48.1 Å². The lowest BCUT2D eigenvalue weighted by molar-refractivity contribution is 0.482. The molecule has 33 heavy (non-hydrogen) atoms. The molecule has 1 aliphatic rings. The second-order valence-corrected chi connectivity index (χ2v) is 7.80. The molecule has 1 aromatic heterocycles. The fourth-order valence-corrected chi connectivity index (χ4v) is 3.60. The minimum Gasteiger partial charge on any atom is -0.457 e. The van der Waals surface area contributed by atoms with Crippen molar-refractivity contribution in [3.8, 4) is 23.8 Å². The number of pyridine rings is 1. The van der Waals surface area contributed by atoms with Crippen molar-refractivity contribution in [1.29, 1.82) is 10.5 Å². The number of aromatic nitrogens is 1. The summed E-state index contributed by atoms with van der Waals surface area (Å²) in [6.45, 7) is 4.29. The molecule has 1 atom stereocenters. The SMILES string of the molecule is CC(C)c1ccc(Oc2ccc(C3N=C(NC#N)Nc4nc(N)c(C#N)c(N)c43)cc2)cc1. The van der Waals surface area contributed by atoms with Crippen LogP contribution in [0.3, 0.4) is 0 Å². The van der Waals surface area contributed by atoms with Gasteiger partial charge in [0.25, 0.3) is 0 Å². The van der Waals surface area contributed by atoms with Crippen LogP contribution in [0, 0.1) is 22.8 Å². The summed E-state index contributed by atoms with van der Waals surface area (Å²) in [5.41, 5.74) is 15.0. The van der Waals surface area contributed by atoms with E-state index in [-0.39, 0.29) is 23.0 Å². The monoisotopic (exact) mass is 438 g/mol. The molecule has 3 aromatic rings. The first-order chi connectivity index (χ1) is 15.9. The van der Waals surface area contributed by atoms with Gasteiger partial charge in [-0.3, -0.25) is 5.32 Å². The highest BCUT2D eigenvalue weighted by atomic mass is 16.5. The van der Waals surface area contributed by atoms with Crippen molar-refractivity contribution in [1.82, 2.24) is 10.3 Å². The van der Waals surface area contributed by atoms with Crippen LogP contribution in [-0.2, 0) is 0 Å².